The molecule has 3 N–H and O–H groups in total. The molecule has 2 atom stereocenters. The molecule has 1 aliphatic rings. The standard InChI is InChI=1S/C18H28N2O5/c1-18(2,3)25-17(23)19-12-15(21)16(22)13-5-4-6-14(11-13)20-7-9-24-10-8-20/h4-6,11,15-16,21-22H,7-10,12H2,1-3H3,(H,19,23). The summed E-state index contributed by atoms with van der Waals surface area (Å²) in [5.74, 6) is 0. The molecule has 0 bridgehead atoms. The number of aliphatic hydroxyl groups is 2. The summed E-state index contributed by atoms with van der Waals surface area (Å²) in [6.07, 6.45) is -2.86. The van der Waals surface area contributed by atoms with Crippen LogP contribution in [0.4, 0.5) is 10.5 Å². The van der Waals surface area contributed by atoms with Crippen LogP contribution in [0.15, 0.2) is 24.3 Å². The van der Waals surface area contributed by atoms with Crippen LogP contribution >= 0.6 is 0 Å². The molecule has 1 heterocycles. The van der Waals surface area contributed by atoms with Crippen molar-refractivity contribution in [2.45, 2.75) is 38.6 Å². The second-order valence-corrected chi connectivity index (χ2v) is 7.09. The summed E-state index contributed by atoms with van der Waals surface area (Å²) in [4.78, 5) is 13.8. The van der Waals surface area contributed by atoms with Crippen LogP contribution in [0.5, 0.6) is 0 Å². The second kappa shape index (κ2) is 8.51. The maximum atomic E-state index is 11.6. The van der Waals surface area contributed by atoms with Crippen LogP contribution in [0.2, 0.25) is 0 Å². The van der Waals surface area contributed by atoms with Gasteiger partial charge in [0, 0.05) is 25.3 Å². The van der Waals surface area contributed by atoms with Crippen LogP contribution in [0.3, 0.4) is 0 Å². The van der Waals surface area contributed by atoms with E-state index in [0.29, 0.717) is 18.8 Å². The number of hydrogen-bond acceptors (Lipinski definition) is 6. The molecule has 0 radical (unpaired) electrons. The molecule has 25 heavy (non-hydrogen) atoms. The van der Waals surface area contributed by atoms with Crippen LogP contribution in [0.1, 0.15) is 32.4 Å². The number of hydrogen-bond donors (Lipinski definition) is 3. The highest BCUT2D eigenvalue weighted by Crippen LogP contribution is 2.23. The van der Waals surface area contributed by atoms with Crippen LogP contribution in [-0.2, 0) is 9.47 Å². The summed E-state index contributed by atoms with van der Waals surface area (Å²) in [6, 6.07) is 7.42. The number of amides is 1. The van der Waals surface area contributed by atoms with E-state index in [2.05, 4.69) is 10.2 Å². The zero-order valence-electron chi connectivity index (χ0n) is 15.1. The zero-order valence-corrected chi connectivity index (χ0v) is 15.1. The lowest BCUT2D eigenvalue weighted by Crippen LogP contribution is -2.39. The van der Waals surface area contributed by atoms with Crippen LogP contribution in [-0.4, -0.2) is 60.9 Å². The topological polar surface area (TPSA) is 91.3 Å². The molecule has 140 valence electrons. The number of benzene rings is 1. The molecule has 0 aliphatic carbocycles. The Balaban J connectivity index is 1.92. The van der Waals surface area contributed by atoms with E-state index in [9.17, 15) is 15.0 Å². The summed E-state index contributed by atoms with van der Waals surface area (Å²) in [5.41, 5.74) is 0.967. The molecule has 1 aromatic carbocycles. The van der Waals surface area contributed by atoms with Gasteiger partial charge < -0.3 is 29.9 Å². The summed E-state index contributed by atoms with van der Waals surface area (Å²) in [6.45, 7) is 8.12. The Morgan fingerprint density at radius 1 is 1.32 bits per heavy atom. The number of rotatable bonds is 5. The number of anilines is 1. The Bertz CT molecular complexity index is 567. The van der Waals surface area contributed by atoms with Gasteiger partial charge in [0.15, 0.2) is 0 Å². The monoisotopic (exact) mass is 352 g/mol. The maximum Gasteiger partial charge on any atom is 0.407 e. The summed E-state index contributed by atoms with van der Waals surface area (Å²) in [7, 11) is 0. The van der Waals surface area contributed by atoms with Crippen molar-refractivity contribution in [2.24, 2.45) is 0 Å². The minimum absolute atomic E-state index is 0.0993. The van der Waals surface area contributed by atoms with Gasteiger partial charge in [-0.15, -0.1) is 0 Å². The second-order valence-electron chi connectivity index (χ2n) is 7.09. The lowest BCUT2D eigenvalue weighted by atomic mass is 10.0. The van der Waals surface area contributed by atoms with Crippen molar-refractivity contribution in [1.29, 1.82) is 0 Å². The van der Waals surface area contributed by atoms with E-state index < -0.39 is 23.9 Å². The van der Waals surface area contributed by atoms with Crippen LogP contribution < -0.4 is 10.2 Å². The molecule has 2 unspecified atom stereocenters. The molecule has 1 aromatic rings. The highest BCUT2D eigenvalue weighted by molar-refractivity contribution is 5.67. The van der Waals surface area contributed by atoms with Gasteiger partial charge in [-0.3, -0.25) is 0 Å². The highest BCUT2D eigenvalue weighted by Gasteiger charge is 2.22. The first-order valence-electron chi connectivity index (χ1n) is 8.52. The molecule has 1 saturated heterocycles. The molecule has 2 rings (SSSR count). The van der Waals surface area contributed by atoms with Crippen LogP contribution in [0, 0.1) is 0 Å². The lowest BCUT2D eigenvalue weighted by molar-refractivity contribution is 0.0129. The number of carbonyl (C=O) groups is 1. The lowest BCUT2D eigenvalue weighted by Gasteiger charge is -2.29. The molecule has 0 spiro atoms. The number of morpholine rings is 1. The first-order valence-corrected chi connectivity index (χ1v) is 8.52. The number of ether oxygens (including phenoxy) is 2. The summed E-state index contributed by atoms with van der Waals surface area (Å²) in [5, 5.41) is 23.0. The largest absolute Gasteiger partial charge is 0.444 e. The molecule has 1 amide bonds. The van der Waals surface area contributed by atoms with E-state index >= 15 is 0 Å². The summed E-state index contributed by atoms with van der Waals surface area (Å²) >= 11 is 0. The van der Waals surface area contributed by atoms with E-state index in [-0.39, 0.29) is 6.54 Å². The van der Waals surface area contributed by atoms with Gasteiger partial charge in [0.25, 0.3) is 0 Å². The molecular weight excluding hydrogens is 324 g/mol. The van der Waals surface area contributed by atoms with E-state index in [1.807, 2.05) is 18.2 Å². The van der Waals surface area contributed by atoms with Gasteiger partial charge in [0.2, 0.25) is 0 Å². The minimum Gasteiger partial charge on any atom is -0.444 e. The third kappa shape index (κ3) is 6.19. The fourth-order valence-electron chi connectivity index (χ4n) is 2.56. The fourth-order valence-corrected chi connectivity index (χ4v) is 2.56. The van der Waals surface area contributed by atoms with E-state index in [1.54, 1.807) is 26.8 Å². The Morgan fingerprint density at radius 2 is 2.00 bits per heavy atom. The van der Waals surface area contributed by atoms with Crippen molar-refractivity contribution in [3.63, 3.8) is 0 Å². The van der Waals surface area contributed by atoms with Gasteiger partial charge >= 0.3 is 6.09 Å². The van der Waals surface area contributed by atoms with Crippen LogP contribution in [0.25, 0.3) is 0 Å². The third-order valence-electron chi connectivity index (χ3n) is 3.81. The van der Waals surface area contributed by atoms with Gasteiger partial charge in [-0.2, -0.15) is 0 Å². The van der Waals surface area contributed by atoms with Crippen molar-refractivity contribution in [1.82, 2.24) is 5.32 Å². The maximum absolute atomic E-state index is 11.6. The molecule has 1 aliphatic heterocycles. The van der Waals surface area contributed by atoms with Gasteiger partial charge in [0.05, 0.1) is 13.2 Å². The van der Waals surface area contributed by atoms with Crippen molar-refractivity contribution in [3.05, 3.63) is 29.8 Å². The molecule has 0 saturated carbocycles. The first kappa shape index (κ1) is 19.5. The summed E-state index contributed by atoms with van der Waals surface area (Å²) < 4.78 is 10.5. The average Bonchev–Trinajstić information content (AvgIpc) is 2.58. The van der Waals surface area contributed by atoms with Gasteiger partial charge in [-0.25, -0.2) is 4.79 Å². The van der Waals surface area contributed by atoms with Crippen molar-refractivity contribution < 1.29 is 24.5 Å². The Hall–Kier alpha value is -1.83. The van der Waals surface area contributed by atoms with Crippen molar-refractivity contribution >= 4 is 11.8 Å². The molecule has 0 aromatic heterocycles. The van der Waals surface area contributed by atoms with Crippen molar-refractivity contribution in [2.75, 3.05) is 37.7 Å². The Morgan fingerprint density at radius 3 is 2.64 bits per heavy atom. The van der Waals surface area contributed by atoms with Gasteiger partial charge in [0.1, 0.15) is 17.8 Å². The smallest absolute Gasteiger partial charge is 0.407 e. The quantitative estimate of drug-likeness (QED) is 0.743. The highest BCUT2D eigenvalue weighted by atomic mass is 16.6. The van der Waals surface area contributed by atoms with Gasteiger partial charge in [-0.05, 0) is 38.5 Å². The fraction of sp³-hybridized carbons (Fsp3) is 0.611. The number of carbonyl (C=O) groups excluding carboxylic acids is 1. The Labute approximate surface area is 148 Å². The normalized spacial score (nSPS) is 17.7. The SMILES string of the molecule is CC(C)(C)OC(=O)NCC(O)C(O)c1cccc(N2CCOCC2)c1. The predicted molar refractivity (Wildman–Crippen MR) is 94.7 cm³/mol. The average molecular weight is 352 g/mol. The predicted octanol–water partition coefficient (Wildman–Crippen LogP) is 1.44. The number of nitrogens with one attached hydrogen (secondary N) is 1. The molecular formula is C18H28N2O5. The van der Waals surface area contributed by atoms with Gasteiger partial charge in [-0.1, -0.05) is 12.1 Å². The molecule has 1 fully saturated rings. The number of alkyl carbamates (subject to hydrolysis) is 1. The Kier molecular flexibility index (Phi) is 6.64. The number of aliphatic hydroxyl groups excluding tert-OH is 2. The molecule has 7 heteroatoms. The minimum atomic E-state index is -1.13. The first-order chi connectivity index (χ1) is 11.8. The van der Waals surface area contributed by atoms with E-state index in [0.717, 1.165) is 18.8 Å². The van der Waals surface area contributed by atoms with E-state index in [4.69, 9.17) is 9.47 Å². The zero-order chi connectivity index (χ0) is 18.4. The van der Waals surface area contributed by atoms with E-state index in [1.165, 1.54) is 0 Å². The molecule has 7 nitrogen and oxygen atoms in total. The number of nitrogens with zero attached hydrogens (tertiary/aromatic N) is 1. The van der Waals surface area contributed by atoms with Crippen molar-refractivity contribution in [3.8, 4) is 0 Å². The third-order valence-corrected chi connectivity index (χ3v) is 3.81.